The van der Waals surface area contributed by atoms with Crippen molar-refractivity contribution < 1.29 is 28.3 Å². The number of rotatable bonds is 12. The number of urea groups is 1. The smallest absolute Gasteiger partial charge is 0.330 e. The molecule has 0 rings (SSSR count). The second-order valence-electron chi connectivity index (χ2n) is 7.10. The molecule has 0 unspecified atom stereocenters. The van der Waals surface area contributed by atoms with Crippen LogP contribution in [0.2, 0.25) is 19.1 Å². The first-order valence-electron chi connectivity index (χ1n) is 8.65. The van der Waals surface area contributed by atoms with Gasteiger partial charge in [0.25, 0.3) is 0 Å². The highest BCUT2D eigenvalue weighted by Crippen LogP contribution is 2.13. The predicted molar refractivity (Wildman–Crippen MR) is 106 cm³/mol. The van der Waals surface area contributed by atoms with E-state index in [0.29, 0.717) is 6.54 Å². The summed E-state index contributed by atoms with van der Waals surface area (Å²) in [5.41, 5.74) is -1.09. The van der Waals surface area contributed by atoms with E-state index in [0.717, 1.165) is 24.6 Å². The highest BCUT2D eigenvalue weighted by molar-refractivity contribution is 6.71. The average molecular weight is 401 g/mol. The van der Waals surface area contributed by atoms with Crippen molar-refractivity contribution in [2.45, 2.75) is 38.0 Å². The van der Waals surface area contributed by atoms with Crippen molar-refractivity contribution in [3.05, 3.63) is 25.3 Å². The normalized spacial score (nSPS) is 11.3. The fourth-order valence-corrected chi connectivity index (χ4v) is 3.21. The van der Waals surface area contributed by atoms with Crippen molar-refractivity contribution in [1.82, 2.24) is 10.2 Å². The standard InChI is InChI=1S/C18H32N2O6Si/c1-8-15(21)25-13-18(3,14-26-16(22)9-2)19-17(23)20(4)11-10-12-27(6,7)24-5/h8-9H,1-2,10-14H2,3-7H3,(H,19,23). The molecule has 0 aromatic rings. The van der Waals surface area contributed by atoms with E-state index in [1.165, 1.54) is 4.90 Å². The van der Waals surface area contributed by atoms with Crippen LogP contribution in [0.4, 0.5) is 4.79 Å². The van der Waals surface area contributed by atoms with Crippen LogP contribution in [0.5, 0.6) is 0 Å². The maximum absolute atomic E-state index is 12.5. The van der Waals surface area contributed by atoms with Crippen molar-refractivity contribution in [2.75, 3.05) is 33.9 Å². The number of ether oxygens (including phenoxy) is 2. The summed E-state index contributed by atoms with van der Waals surface area (Å²) < 4.78 is 15.5. The lowest BCUT2D eigenvalue weighted by molar-refractivity contribution is -0.144. The largest absolute Gasteiger partial charge is 0.460 e. The number of esters is 2. The summed E-state index contributed by atoms with van der Waals surface area (Å²) in [6.07, 6.45) is 2.85. The van der Waals surface area contributed by atoms with Gasteiger partial charge in [0.05, 0.1) is 0 Å². The Hall–Kier alpha value is -2.13. The fourth-order valence-electron chi connectivity index (χ4n) is 1.99. The fraction of sp³-hybridized carbons (Fsp3) is 0.611. The third-order valence-electron chi connectivity index (χ3n) is 3.98. The molecule has 0 aliphatic heterocycles. The van der Waals surface area contributed by atoms with Crippen molar-refractivity contribution in [3.63, 3.8) is 0 Å². The number of hydrogen-bond acceptors (Lipinski definition) is 6. The molecule has 0 aliphatic rings. The van der Waals surface area contributed by atoms with Gasteiger partial charge in [-0.2, -0.15) is 0 Å². The zero-order valence-corrected chi connectivity index (χ0v) is 18.0. The van der Waals surface area contributed by atoms with Gasteiger partial charge in [-0.05, 0) is 32.5 Å². The van der Waals surface area contributed by atoms with Crippen molar-refractivity contribution in [3.8, 4) is 0 Å². The first kappa shape index (κ1) is 24.9. The molecule has 0 atom stereocenters. The molecule has 0 radical (unpaired) electrons. The lowest BCUT2D eigenvalue weighted by Gasteiger charge is -2.32. The molecule has 0 aromatic heterocycles. The van der Waals surface area contributed by atoms with Crippen LogP contribution in [-0.2, 0) is 23.5 Å². The summed E-state index contributed by atoms with van der Waals surface area (Å²) in [4.78, 5) is 36.7. The molecule has 27 heavy (non-hydrogen) atoms. The highest BCUT2D eigenvalue weighted by atomic mass is 28.4. The molecule has 2 amide bonds. The van der Waals surface area contributed by atoms with Gasteiger partial charge in [0.2, 0.25) is 0 Å². The van der Waals surface area contributed by atoms with E-state index in [1.54, 1.807) is 21.1 Å². The number of nitrogens with one attached hydrogen (secondary N) is 1. The van der Waals surface area contributed by atoms with Crippen LogP contribution in [0.15, 0.2) is 25.3 Å². The maximum atomic E-state index is 12.5. The summed E-state index contributed by atoms with van der Waals surface area (Å²) in [7, 11) is 1.70. The molecule has 154 valence electrons. The SMILES string of the molecule is C=CC(=O)OCC(C)(COC(=O)C=C)NC(=O)N(C)CCC[Si](C)(C)OC. The Morgan fingerprint density at radius 3 is 2.00 bits per heavy atom. The molecule has 8 nitrogen and oxygen atoms in total. The van der Waals surface area contributed by atoms with E-state index in [1.807, 2.05) is 0 Å². The Balaban J connectivity index is 4.82. The average Bonchev–Trinajstić information content (AvgIpc) is 2.63. The Morgan fingerprint density at radius 2 is 1.59 bits per heavy atom. The van der Waals surface area contributed by atoms with Gasteiger partial charge in [-0.25, -0.2) is 14.4 Å². The Morgan fingerprint density at radius 1 is 1.11 bits per heavy atom. The second-order valence-corrected chi connectivity index (χ2v) is 11.5. The molecular weight excluding hydrogens is 368 g/mol. The van der Waals surface area contributed by atoms with E-state index < -0.39 is 25.8 Å². The molecule has 0 aliphatic carbocycles. The summed E-state index contributed by atoms with van der Waals surface area (Å²) >= 11 is 0. The van der Waals surface area contributed by atoms with E-state index >= 15 is 0 Å². The Labute approximate surface area is 162 Å². The van der Waals surface area contributed by atoms with Gasteiger partial charge in [-0.1, -0.05) is 13.2 Å². The number of carbonyl (C=O) groups is 3. The third-order valence-corrected chi connectivity index (χ3v) is 6.64. The molecule has 0 spiro atoms. The first-order chi connectivity index (χ1) is 12.5. The van der Waals surface area contributed by atoms with Gasteiger partial charge in [0.1, 0.15) is 18.8 Å². The van der Waals surface area contributed by atoms with Gasteiger partial charge < -0.3 is 24.1 Å². The summed E-state index contributed by atoms with van der Waals surface area (Å²) in [6, 6.07) is 0.561. The van der Waals surface area contributed by atoms with Crippen molar-refractivity contribution in [1.29, 1.82) is 0 Å². The van der Waals surface area contributed by atoms with E-state index in [-0.39, 0.29) is 19.2 Å². The van der Waals surface area contributed by atoms with Crippen LogP contribution in [0.1, 0.15) is 13.3 Å². The number of nitrogens with zero attached hydrogens (tertiary/aromatic N) is 1. The van der Waals surface area contributed by atoms with Crippen LogP contribution in [0.3, 0.4) is 0 Å². The lowest BCUT2D eigenvalue weighted by atomic mass is 10.1. The quantitative estimate of drug-likeness (QED) is 0.306. The van der Waals surface area contributed by atoms with E-state index in [2.05, 4.69) is 31.6 Å². The molecular formula is C18H32N2O6Si. The minimum Gasteiger partial charge on any atom is -0.460 e. The molecule has 0 saturated heterocycles. The van der Waals surface area contributed by atoms with Gasteiger partial charge in [0.15, 0.2) is 8.32 Å². The van der Waals surface area contributed by atoms with Crippen molar-refractivity contribution >= 4 is 26.3 Å². The topological polar surface area (TPSA) is 94.2 Å². The molecule has 0 heterocycles. The molecule has 0 bridgehead atoms. The van der Waals surface area contributed by atoms with Crippen LogP contribution < -0.4 is 5.32 Å². The first-order valence-corrected chi connectivity index (χ1v) is 11.8. The van der Waals surface area contributed by atoms with Gasteiger partial charge in [0, 0.05) is 32.9 Å². The summed E-state index contributed by atoms with van der Waals surface area (Å²) in [5, 5.41) is 2.76. The Kier molecular flexibility index (Phi) is 10.6. The monoisotopic (exact) mass is 400 g/mol. The number of hydrogen-bond donors (Lipinski definition) is 1. The Bertz CT molecular complexity index is 526. The lowest BCUT2D eigenvalue weighted by Crippen LogP contribution is -2.56. The zero-order chi connectivity index (χ0) is 21.1. The predicted octanol–water partition coefficient (Wildman–Crippen LogP) is 2.09. The van der Waals surface area contributed by atoms with Gasteiger partial charge in [-0.3, -0.25) is 0 Å². The third kappa shape index (κ3) is 10.6. The van der Waals surface area contributed by atoms with Gasteiger partial charge in [-0.15, -0.1) is 0 Å². The second kappa shape index (κ2) is 11.6. The van der Waals surface area contributed by atoms with Crippen LogP contribution in [-0.4, -0.2) is 70.6 Å². The van der Waals surface area contributed by atoms with Crippen LogP contribution >= 0.6 is 0 Å². The van der Waals surface area contributed by atoms with Gasteiger partial charge >= 0.3 is 18.0 Å². The molecule has 9 heteroatoms. The molecule has 0 fully saturated rings. The number of carbonyl (C=O) groups excluding carboxylic acids is 3. The minimum atomic E-state index is -1.68. The zero-order valence-electron chi connectivity index (χ0n) is 17.0. The molecule has 0 saturated carbocycles. The summed E-state index contributed by atoms with van der Waals surface area (Å²) in [6.45, 7) is 12.7. The van der Waals surface area contributed by atoms with E-state index in [9.17, 15) is 14.4 Å². The molecule has 1 N–H and O–H groups in total. The van der Waals surface area contributed by atoms with Crippen molar-refractivity contribution in [2.24, 2.45) is 0 Å². The van der Waals surface area contributed by atoms with Crippen LogP contribution in [0, 0.1) is 0 Å². The minimum absolute atomic E-state index is 0.175. The molecule has 0 aromatic carbocycles. The number of amides is 2. The summed E-state index contributed by atoms with van der Waals surface area (Å²) in [5.74, 6) is -1.27. The highest BCUT2D eigenvalue weighted by Gasteiger charge is 2.31. The van der Waals surface area contributed by atoms with E-state index in [4.69, 9.17) is 13.9 Å². The van der Waals surface area contributed by atoms with Crippen LogP contribution in [0.25, 0.3) is 0 Å². The maximum Gasteiger partial charge on any atom is 0.330 e.